The molecule has 0 aromatic heterocycles. The highest BCUT2D eigenvalue weighted by Crippen LogP contribution is 2.19. The second-order valence-corrected chi connectivity index (χ2v) is 9.91. The molecule has 0 aliphatic carbocycles. The van der Waals surface area contributed by atoms with Crippen molar-refractivity contribution in [3.05, 3.63) is 77.9 Å². The quantitative estimate of drug-likeness (QED) is 0.0483. The second kappa shape index (κ2) is 20.7. The highest BCUT2D eigenvalue weighted by atomic mass is 31.0. The third-order valence-corrected chi connectivity index (χ3v) is 6.19. The minimum absolute atomic E-state index is 0.00588. The summed E-state index contributed by atoms with van der Waals surface area (Å²) >= 11 is 0. The Labute approximate surface area is 273 Å². The Morgan fingerprint density at radius 2 is 1.32 bits per heavy atom. The molecule has 15 nitrogen and oxygen atoms in total. The summed E-state index contributed by atoms with van der Waals surface area (Å²) in [5, 5.41) is 12.4. The predicted octanol–water partition coefficient (Wildman–Crippen LogP) is -1.10. The number of rotatable bonds is 16. The zero-order valence-electron chi connectivity index (χ0n) is 25.7. The molecule has 5 N–H and O–H groups in total. The lowest BCUT2D eigenvalue weighted by Crippen LogP contribution is -2.52. The summed E-state index contributed by atoms with van der Waals surface area (Å²) in [4.78, 5) is 95.2. The lowest BCUT2D eigenvalue weighted by molar-refractivity contribution is -0.131. The van der Waals surface area contributed by atoms with Crippen LogP contribution < -0.4 is 31.5 Å². The van der Waals surface area contributed by atoms with Gasteiger partial charge in [0.05, 0.1) is 31.7 Å². The molecule has 1 aliphatic heterocycles. The van der Waals surface area contributed by atoms with Gasteiger partial charge in [0.15, 0.2) is 0 Å². The number of nitrogens with zero attached hydrogens (tertiary/aromatic N) is 1. The summed E-state index contributed by atoms with van der Waals surface area (Å²) in [6.07, 6.45) is 2.43. The van der Waals surface area contributed by atoms with Crippen LogP contribution in [-0.2, 0) is 55.9 Å². The number of anilines is 1. The summed E-state index contributed by atoms with van der Waals surface area (Å²) in [5.74, 6) is -3.69. The summed E-state index contributed by atoms with van der Waals surface area (Å²) < 4.78 is 5.04. The van der Waals surface area contributed by atoms with Gasteiger partial charge < -0.3 is 31.3 Å². The van der Waals surface area contributed by atoms with Crippen molar-refractivity contribution in [3.63, 3.8) is 0 Å². The molecule has 3 rings (SSSR count). The van der Waals surface area contributed by atoms with Crippen LogP contribution in [0.5, 0.6) is 0 Å². The minimum Gasteiger partial charge on any atom is -0.362 e. The number of hydrogen-bond acceptors (Lipinski definition) is 9. The molecular weight excluding hydrogens is 631 g/mol. The Morgan fingerprint density at radius 1 is 0.766 bits per heavy atom. The van der Waals surface area contributed by atoms with Crippen molar-refractivity contribution < 1.29 is 43.1 Å². The molecule has 1 heterocycles. The molecule has 0 spiro atoms. The minimum atomic E-state index is -1.02. The highest BCUT2D eigenvalue weighted by molar-refractivity contribution is 7.36. The maximum atomic E-state index is 12.8. The smallest absolute Gasteiger partial charge is 0.258 e. The normalized spacial score (nSPS) is 12.3. The molecule has 0 radical (unpaired) electrons. The SMILES string of the molecule is CCOCNC(=O)CNC(=O)C(Cc1ccccc1)NC(=O)CNC(=O)CNC(=O)Cc1ccc(N2C(=O)C=CC2=O)cc1.O=CP. The molecule has 250 valence electrons. The number of carbonyl (C=O) groups excluding carboxylic acids is 8. The Morgan fingerprint density at radius 3 is 1.94 bits per heavy atom. The van der Waals surface area contributed by atoms with E-state index in [0.717, 1.165) is 10.5 Å². The van der Waals surface area contributed by atoms with Crippen LogP contribution in [0, 0.1) is 0 Å². The first-order valence-corrected chi connectivity index (χ1v) is 15.0. The zero-order chi connectivity index (χ0) is 34.6. The first-order chi connectivity index (χ1) is 22.6. The first-order valence-electron chi connectivity index (χ1n) is 14.4. The van der Waals surface area contributed by atoms with E-state index in [9.17, 15) is 33.6 Å². The van der Waals surface area contributed by atoms with Gasteiger partial charge in [-0.2, -0.15) is 0 Å². The fourth-order valence-electron chi connectivity index (χ4n) is 3.98. The number of amides is 7. The number of imide groups is 1. The van der Waals surface area contributed by atoms with Gasteiger partial charge in [0.25, 0.3) is 11.8 Å². The van der Waals surface area contributed by atoms with Crippen molar-refractivity contribution in [2.75, 3.05) is 37.9 Å². The largest absolute Gasteiger partial charge is 0.362 e. The fraction of sp³-hybridized carbons (Fsp3) is 0.290. The summed E-state index contributed by atoms with van der Waals surface area (Å²) in [6.45, 7) is 1.04. The van der Waals surface area contributed by atoms with Gasteiger partial charge in [-0.15, -0.1) is 0 Å². The Hall–Kier alpha value is -5.27. The average Bonchev–Trinajstić information content (AvgIpc) is 3.39. The molecule has 1 aliphatic rings. The third kappa shape index (κ3) is 14.1. The molecule has 2 aromatic carbocycles. The van der Waals surface area contributed by atoms with Crippen molar-refractivity contribution in [3.8, 4) is 0 Å². The van der Waals surface area contributed by atoms with Crippen LogP contribution in [0.3, 0.4) is 0 Å². The number of hydrogen-bond donors (Lipinski definition) is 5. The molecule has 47 heavy (non-hydrogen) atoms. The van der Waals surface area contributed by atoms with Crippen LogP contribution in [0.15, 0.2) is 66.7 Å². The van der Waals surface area contributed by atoms with E-state index in [2.05, 4.69) is 26.6 Å². The molecule has 0 saturated heterocycles. The Bertz CT molecular complexity index is 1430. The van der Waals surface area contributed by atoms with E-state index in [1.54, 1.807) is 55.5 Å². The maximum Gasteiger partial charge on any atom is 0.258 e. The van der Waals surface area contributed by atoms with E-state index in [0.29, 0.717) is 23.9 Å². The van der Waals surface area contributed by atoms with Crippen LogP contribution in [0.25, 0.3) is 0 Å². The van der Waals surface area contributed by atoms with E-state index < -0.39 is 60.5 Å². The van der Waals surface area contributed by atoms with Crippen LogP contribution in [0.2, 0.25) is 0 Å². The lowest BCUT2D eigenvalue weighted by atomic mass is 10.1. The monoisotopic (exact) mass is 668 g/mol. The summed E-state index contributed by atoms with van der Waals surface area (Å²) in [6, 6.07) is 14.9. The van der Waals surface area contributed by atoms with Gasteiger partial charge in [-0.3, -0.25) is 38.4 Å². The molecule has 0 fully saturated rings. The van der Waals surface area contributed by atoms with E-state index in [1.807, 2.05) is 15.3 Å². The maximum absolute atomic E-state index is 12.8. The molecular formula is C31H37N6O9P. The molecule has 16 heteroatoms. The summed E-state index contributed by atoms with van der Waals surface area (Å²) in [7, 11) is 1.90. The molecule has 0 bridgehead atoms. The summed E-state index contributed by atoms with van der Waals surface area (Å²) in [5.41, 5.74) is 1.73. The van der Waals surface area contributed by atoms with Gasteiger partial charge in [0.1, 0.15) is 18.8 Å². The van der Waals surface area contributed by atoms with Gasteiger partial charge >= 0.3 is 0 Å². The fourth-order valence-corrected chi connectivity index (χ4v) is 3.98. The third-order valence-electron chi connectivity index (χ3n) is 6.19. The highest BCUT2D eigenvalue weighted by Gasteiger charge is 2.25. The van der Waals surface area contributed by atoms with Gasteiger partial charge in [-0.1, -0.05) is 51.7 Å². The molecule has 2 atom stereocenters. The van der Waals surface area contributed by atoms with Crippen LogP contribution in [0.1, 0.15) is 18.1 Å². The van der Waals surface area contributed by atoms with E-state index >= 15 is 0 Å². The predicted molar refractivity (Wildman–Crippen MR) is 174 cm³/mol. The van der Waals surface area contributed by atoms with Gasteiger partial charge in [-0.05, 0) is 30.2 Å². The number of ether oxygens (including phenoxy) is 1. The molecule has 7 amide bonds. The van der Waals surface area contributed by atoms with Crippen molar-refractivity contribution in [2.45, 2.75) is 25.8 Å². The van der Waals surface area contributed by atoms with E-state index in [1.165, 1.54) is 12.2 Å². The van der Waals surface area contributed by atoms with Crippen molar-refractivity contribution in [1.82, 2.24) is 26.6 Å². The average molecular weight is 669 g/mol. The van der Waals surface area contributed by atoms with Crippen molar-refractivity contribution >= 4 is 62.3 Å². The zero-order valence-corrected chi connectivity index (χ0v) is 26.8. The number of nitrogens with one attached hydrogen (secondary N) is 5. The van der Waals surface area contributed by atoms with Crippen molar-refractivity contribution in [1.29, 1.82) is 0 Å². The lowest BCUT2D eigenvalue weighted by Gasteiger charge is -2.19. The standard InChI is InChI=1S/C30H34N6O8.CH3OP/c1-2-44-19-34-26(39)17-33-30(43)23(14-20-6-4-3-5-7-20)35-27(40)18-32-25(38)16-31-24(37)15-21-8-10-22(11-9-21)36-28(41)12-13-29(36)42;2-1-3/h3-13,23H,2,14-19H2,1H3,(H,31,37)(H,32,38)(H,33,43)(H,34,39)(H,35,40);1H,3H2. The van der Waals surface area contributed by atoms with Crippen LogP contribution >= 0.6 is 9.24 Å². The first kappa shape index (κ1) is 37.9. The molecule has 0 saturated carbocycles. The van der Waals surface area contributed by atoms with E-state index in [-0.39, 0.29) is 26.1 Å². The Balaban J connectivity index is 0.00000246. The van der Waals surface area contributed by atoms with Gasteiger partial charge in [0.2, 0.25) is 29.5 Å². The second-order valence-electron chi connectivity index (χ2n) is 9.64. The van der Waals surface area contributed by atoms with Crippen LogP contribution in [0.4, 0.5) is 5.69 Å². The van der Waals surface area contributed by atoms with Crippen molar-refractivity contribution in [2.24, 2.45) is 0 Å². The van der Waals surface area contributed by atoms with E-state index in [4.69, 9.17) is 9.53 Å². The topological polar surface area (TPSA) is 209 Å². The van der Waals surface area contributed by atoms with Gasteiger partial charge in [-0.25, -0.2) is 4.90 Å². The number of benzene rings is 2. The molecule has 2 unspecified atom stereocenters. The molecule has 2 aromatic rings. The van der Waals surface area contributed by atoms with Gasteiger partial charge in [0, 0.05) is 25.2 Å². The Kier molecular flexibility index (Phi) is 16.7. The van der Waals surface area contributed by atoms with Crippen LogP contribution in [-0.4, -0.2) is 86.4 Å². The number of carbonyl (C=O) groups is 8.